The number of amides is 1. The number of aliphatic carboxylic acids is 1. The Bertz CT molecular complexity index is 213. The van der Waals surface area contributed by atoms with Gasteiger partial charge in [-0.3, -0.25) is 9.59 Å². The maximum atomic E-state index is 11.5. The Labute approximate surface area is 77.7 Å². The van der Waals surface area contributed by atoms with Gasteiger partial charge in [-0.1, -0.05) is 0 Å². The normalized spacial score (nSPS) is 11.1. The smallest absolute Gasteiger partial charge is 0.323 e. The molecule has 0 heterocycles. The number of hydrogen-bond donors (Lipinski definition) is 2. The fraction of sp³-hybridized carbons (Fsp3) is 0.750. The van der Waals surface area contributed by atoms with Crippen LogP contribution >= 0.6 is 0 Å². The van der Waals surface area contributed by atoms with Gasteiger partial charge in [0.25, 0.3) is 0 Å². The second-order valence-corrected chi connectivity index (χ2v) is 3.43. The zero-order chi connectivity index (χ0) is 10.6. The topological polar surface area (TPSA) is 69.6 Å². The molecule has 0 bridgehead atoms. The van der Waals surface area contributed by atoms with Crippen molar-refractivity contribution in [1.82, 2.24) is 10.2 Å². The van der Waals surface area contributed by atoms with Crippen molar-refractivity contribution in [2.45, 2.75) is 19.4 Å². The van der Waals surface area contributed by atoms with Crippen LogP contribution < -0.4 is 5.32 Å². The van der Waals surface area contributed by atoms with Gasteiger partial charge in [0.05, 0.1) is 5.54 Å². The third-order valence-electron chi connectivity index (χ3n) is 1.88. The number of carbonyl (C=O) groups is 2. The predicted molar refractivity (Wildman–Crippen MR) is 48.4 cm³/mol. The molecule has 0 saturated carbocycles. The van der Waals surface area contributed by atoms with Gasteiger partial charge in [0.1, 0.15) is 6.54 Å². The van der Waals surface area contributed by atoms with Crippen LogP contribution in [-0.4, -0.2) is 48.1 Å². The number of carbonyl (C=O) groups excluding carboxylic acids is 1. The first-order valence-electron chi connectivity index (χ1n) is 3.97. The first-order valence-corrected chi connectivity index (χ1v) is 3.97. The Morgan fingerprint density at radius 3 is 2.23 bits per heavy atom. The molecule has 0 aliphatic heterocycles. The molecule has 0 spiro atoms. The van der Waals surface area contributed by atoms with Crippen LogP contribution in [0.25, 0.3) is 0 Å². The highest BCUT2D eigenvalue weighted by atomic mass is 16.4. The molecule has 0 radical (unpaired) electrons. The minimum absolute atomic E-state index is 0.239. The predicted octanol–water partition coefficient (Wildman–Crippen LogP) is -0.473. The minimum atomic E-state index is -1.01. The Morgan fingerprint density at radius 2 is 1.92 bits per heavy atom. The Hall–Kier alpha value is -1.10. The summed E-state index contributed by atoms with van der Waals surface area (Å²) in [5, 5.41) is 11.3. The average Bonchev–Trinajstić information content (AvgIpc) is 2.01. The van der Waals surface area contributed by atoms with Crippen molar-refractivity contribution >= 4 is 11.9 Å². The molecule has 0 unspecified atom stereocenters. The SMILES string of the molecule is CNC(C)(C)C(=O)N(C)CC(=O)O. The summed E-state index contributed by atoms with van der Waals surface area (Å²) in [6, 6.07) is 0. The molecule has 0 saturated heterocycles. The van der Waals surface area contributed by atoms with Crippen LogP contribution in [0.1, 0.15) is 13.8 Å². The summed E-state index contributed by atoms with van der Waals surface area (Å²) < 4.78 is 0. The van der Waals surface area contributed by atoms with Crippen molar-refractivity contribution in [3.8, 4) is 0 Å². The van der Waals surface area contributed by atoms with Crippen LogP contribution in [0.4, 0.5) is 0 Å². The van der Waals surface area contributed by atoms with Gasteiger partial charge in [-0.15, -0.1) is 0 Å². The van der Waals surface area contributed by atoms with Gasteiger partial charge in [0, 0.05) is 7.05 Å². The van der Waals surface area contributed by atoms with Gasteiger partial charge < -0.3 is 15.3 Å². The van der Waals surface area contributed by atoms with Crippen molar-refractivity contribution < 1.29 is 14.7 Å². The van der Waals surface area contributed by atoms with E-state index in [0.717, 1.165) is 0 Å². The van der Waals surface area contributed by atoms with Crippen molar-refractivity contribution in [2.75, 3.05) is 20.6 Å². The summed E-state index contributed by atoms with van der Waals surface area (Å²) in [5.41, 5.74) is -0.718. The zero-order valence-corrected chi connectivity index (χ0v) is 8.42. The molecule has 0 rings (SSSR count). The monoisotopic (exact) mass is 188 g/mol. The summed E-state index contributed by atoms with van der Waals surface area (Å²) in [5.74, 6) is -1.25. The van der Waals surface area contributed by atoms with Gasteiger partial charge in [-0.05, 0) is 20.9 Å². The number of carboxylic acid groups (broad SMARTS) is 1. The van der Waals surface area contributed by atoms with Gasteiger partial charge in [0.15, 0.2) is 0 Å². The van der Waals surface area contributed by atoms with E-state index in [-0.39, 0.29) is 12.5 Å². The third-order valence-corrected chi connectivity index (χ3v) is 1.88. The van der Waals surface area contributed by atoms with E-state index < -0.39 is 11.5 Å². The molecule has 0 aromatic carbocycles. The summed E-state index contributed by atoms with van der Waals surface area (Å²) in [7, 11) is 3.13. The Kier molecular flexibility index (Phi) is 3.87. The highest BCUT2D eigenvalue weighted by Crippen LogP contribution is 2.05. The molecule has 0 aromatic rings. The van der Waals surface area contributed by atoms with Crippen LogP contribution in [0.5, 0.6) is 0 Å². The van der Waals surface area contributed by atoms with Crippen LogP contribution in [0.2, 0.25) is 0 Å². The molecule has 5 heteroatoms. The number of nitrogens with zero attached hydrogens (tertiary/aromatic N) is 1. The lowest BCUT2D eigenvalue weighted by Crippen LogP contribution is -2.52. The molecule has 0 aliphatic carbocycles. The largest absolute Gasteiger partial charge is 0.480 e. The first kappa shape index (κ1) is 11.9. The van der Waals surface area contributed by atoms with Crippen molar-refractivity contribution in [1.29, 1.82) is 0 Å². The fourth-order valence-electron chi connectivity index (χ4n) is 0.859. The molecule has 0 aliphatic rings. The van der Waals surface area contributed by atoms with E-state index in [1.54, 1.807) is 20.9 Å². The van der Waals surface area contributed by atoms with Crippen LogP contribution in [0.3, 0.4) is 0 Å². The first-order chi connectivity index (χ1) is 5.81. The summed E-state index contributed by atoms with van der Waals surface area (Å²) in [4.78, 5) is 23.0. The second kappa shape index (κ2) is 4.23. The molecule has 0 atom stereocenters. The number of carboxylic acids is 1. The Balaban J connectivity index is 4.34. The van der Waals surface area contributed by atoms with Crippen LogP contribution in [0.15, 0.2) is 0 Å². The maximum Gasteiger partial charge on any atom is 0.323 e. The zero-order valence-electron chi connectivity index (χ0n) is 8.42. The summed E-state index contributed by atoms with van der Waals surface area (Å²) in [6.07, 6.45) is 0. The van der Waals surface area contributed by atoms with Crippen molar-refractivity contribution in [3.63, 3.8) is 0 Å². The van der Waals surface area contributed by atoms with Gasteiger partial charge in [0.2, 0.25) is 5.91 Å². The van der Waals surface area contributed by atoms with E-state index in [1.807, 2.05) is 0 Å². The van der Waals surface area contributed by atoms with Crippen LogP contribution in [0, 0.1) is 0 Å². The summed E-state index contributed by atoms with van der Waals surface area (Å²) >= 11 is 0. The van der Waals surface area contributed by atoms with Crippen molar-refractivity contribution in [3.05, 3.63) is 0 Å². The number of hydrogen-bond acceptors (Lipinski definition) is 3. The fourth-order valence-corrected chi connectivity index (χ4v) is 0.859. The van der Waals surface area contributed by atoms with E-state index in [9.17, 15) is 9.59 Å². The highest BCUT2D eigenvalue weighted by molar-refractivity contribution is 5.87. The molecule has 13 heavy (non-hydrogen) atoms. The molecule has 0 fully saturated rings. The molecule has 2 N–H and O–H groups in total. The standard InChI is InChI=1S/C8H16N2O3/c1-8(2,9-3)7(13)10(4)5-6(11)12/h9H,5H2,1-4H3,(H,11,12). The number of nitrogens with one attached hydrogen (secondary N) is 1. The molecule has 0 aromatic heterocycles. The lowest BCUT2D eigenvalue weighted by Gasteiger charge is -2.27. The third kappa shape index (κ3) is 3.42. The van der Waals surface area contributed by atoms with E-state index in [0.29, 0.717) is 0 Å². The number of likely N-dealkylation sites (N-methyl/N-ethyl adjacent to an activating group) is 2. The Morgan fingerprint density at radius 1 is 1.46 bits per heavy atom. The minimum Gasteiger partial charge on any atom is -0.480 e. The lowest BCUT2D eigenvalue weighted by atomic mass is 10.0. The van der Waals surface area contributed by atoms with Gasteiger partial charge >= 0.3 is 5.97 Å². The molecular formula is C8H16N2O3. The van der Waals surface area contributed by atoms with E-state index >= 15 is 0 Å². The number of rotatable bonds is 4. The summed E-state index contributed by atoms with van der Waals surface area (Å²) in [6.45, 7) is 3.13. The molecule has 76 valence electrons. The average molecular weight is 188 g/mol. The van der Waals surface area contributed by atoms with E-state index in [4.69, 9.17) is 5.11 Å². The van der Waals surface area contributed by atoms with E-state index in [1.165, 1.54) is 11.9 Å². The van der Waals surface area contributed by atoms with Gasteiger partial charge in [-0.2, -0.15) is 0 Å². The van der Waals surface area contributed by atoms with E-state index in [2.05, 4.69) is 5.32 Å². The lowest BCUT2D eigenvalue weighted by molar-refractivity contribution is -0.145. The van der Waals surface area contributed by atoms with Crippen LogP contribution in [-0.2, 0) is 9.59 Å². The maximum absolute atomic E-state index is 11.5. The van der Waals surface area contributed by atoms with Gasteiger partial charge in [-0.25, -0.2) is 0 Å². The molecule has 1 amide bonds. The molecule has 5 nitrogen and oxygen atoms in total. The molecular weight excluding hydrogens is 172 g/mol. The highest BCUT2D eigenvalue weighted by Gasteiger charge is 2.28. The second-order valence-electron chi connectivity index (χ2n) is 3.43. The quantitative estimate of drug-likeness (QED) is 0.625. The van der Waals surface area contributed by atoms with Crippen molar-refractivity contribution in [2.24, 2.45) is 0 Å².